The number of methoxy groups -OCH3 is 2. The molecule has 0 atom stereocenters. The maximum Gasteiger partial charge on any atom is 0.254 e. The lowest BCUT2D eigenvalue weighted by atomic mass is 10.1. The molecule has 3 aromatic rings. The molecule has 29 heavy (non-hydrogen) atoms. The van der Waals surface area contributed by atoms with Gasteiger partial charge < -0.3 is 19.3 Å². The number of aromatic nitrogens is 4. The average Bonchev–Trinajstić information content (AvgIpc) is 3.33. The van der Waals surface area contributed by atoms with Gasteiger partial charge in [0.05, 0.1) is 14.2 Å². The SMILES string of the molecule is COc1cc(OC)cc(C(=O)N2CCN(c3cc(-n4cccn4)ncn3)CC2)c1. The van der Waals surface area contributed by atoms with Gasteiger partial charge in [0.2, 0.25) is 0 Å². The largest absolute Gasteiger partial charge is 0.497 e. The molecule has 0 unspecified atom stereocenters. The van der Waals surface area contributed by atoms with Crippen molar-refractivity contribution < 1.29 is 14.3 Å². The Hall–Kier alpha value is -3.62. The topological polar surface area (TPSA) is 85.6 Å². The summed E-state index contributed by atoms with van der Waals surface area (Å²) in [6.07, 6.45) is 5.08. The Morgan fingerprint density at radius 1 is 0.931 bits per heavy atom. The Labute approximate surface area is 168 Å². The molecule has 0 bridgehead atoms. The molecular formula is C20H22N6O3. The Balaban J connectivity index is 1.45. The van der Waals surface area contributed by atoms with Crippen LogP contribution in [0.3, 0.4) is 0 Å². The second-order valence-corrected chi connectivity index (χ2v) is 6.57. The Kier molecular flexibility index (Phi) is 5.28. The van der Waals surface area contributed by atoms with E-state index in [1.807, 2.05) is 23.2 Å². The number of rotatable bonds is 5. The zero-order valence-electron chi connectivity index (χ0n) is 16.4. The highest BCUT2D eigenvalue weighted by Crippen LogP contribution is 2.24. The first kappa shape index (κ1) is 18.7. The van der Waals surface area contributed by atoms with E-state index >= 15 is 0 Å². The van der Waals surface area contributed by atoms with Crippen LogP contribution in [-0.2, 0) is 0 Å². The zero-order valence-corrected chi connectivity index (χ0v) is 16.4. The Bertz CT molecular complexity index is 961. The van der Waals surface area contributed by atoms with Crippen molar-refractivity contribution in [1.29, 1.82) is 0 Å². The fourth-order valence-electron chi connectivity index (χ4n) is 3.29. The van der Waals surface area contributed by atoms with E-state index in [9.17, 15) is 4.79 Å². The maximum absolute atomic E-state index is 12.9. The standard InChI is InChI=1S/C20H22N6O3/c1-28-16-10-15(11-17(12-16)29-2)20(27)25-8-6-24(7-9-25)18-13-19(22-14-21-18)26-5-3-4-23-26/h3-5,10-14H,6-9H2,1-2H3. The third-order valence-corrected chi connectivity index (χ3v) is 4.87. The summed E-state index contributed by atoms with van der Waals surface area (Å²) in [7, 11) is 3.14. The monoisotopic (exact) mass is 394 g/mol. The number of carbonyl (C=O) groups is 1. The maximum atomic E-state index is 12.9. The summed E-state index contributed by atoms with van der Waals surface area (Å²) >= 11 is 0. The molecule has 4 rings (SSSR count). The van der Waals surface area contributed by atoms with E-state index in [4.69, 9.17) is 9.47 Å². The van der Waals surface area contributed by atoms with Crippen molar-refractivity contribution in [3.05, 3.63) is 54.6 Å². The molecule has 1 aliphatic rings. The van der Waals surface area contributed by atoms with Gasteiger partial charge in [-0.25, -0.2) is 14.6 Å². The fraction of sp³-hybridized carbons (Fsp3) is 0.300. The molecule has 150 valence electrons. The van der Waals surface area contributed by atoms with E-state index in [1.165, 1.54) is 6.33 Å². The van der Waals surface area contributed by atoms with Crippen molar-refractivity contribution >= 4 is 11.7 Å². The highest BCUT2D eigenvalue weighted by Gasteiger charge is 2.24. The van der Waals surface area contributed by atoms with E-state index in [0.29, 0.717) is 49.1 Å². The average molecular weight is 394 g/mol. The van der Waals surface area contributed by atoms with Crippen molar-refractivity contribution in [3.63, 3.8) is 0 Å². The van der Waals surface area contributed by atoms with Crippen LogP contribution in [0.25, 0.3) is 5.82 Å². The summed E-state index contributed by atoms with van der Waals surface area (Å²) in [6, 6.07) is 8.97. The predicted octanol–water partition coefficient (Wildman–Crippen LogP) is 1.64. The van der Waals surface area contributed by atoms with Crippen LogP contribution in [0.15, 0.2) is 49.1 Å². The third kappa shape index (κ3) is 3.98. The fourth-order valence-corrected chi connectivity index (χ4v) is 3.29. The smallest absolute Gasteiger partial charge is 0.254 e. The zero-order chi connectivity index (χ0) is 20.2. The van der Waals surface area contributed by atoms with Gasteiger partial charge in [-0.2, -0.15) is 5.10 Å². The van der Waals surface area contributed by atoms with Crippen LogP contribution >= 0.6 is 0 Å². The molecule has 1 amide bonds. The highest BCUT2D eigenvalue weighted by atomic mass is 16.5. The predicted molar refractivity (Wildman–Crippen MR) is 107 cm³/mol. The Morgan fingerprint density at radius 3 is 2.24 bits per heavy atom. The molecule has 3 heterocycles. The van der Waals surface area contributed by atoms with Crippen molar-refractivity contribution in [1.82, 2.24) is 24.6 Å². The summed E-state index contributed by atoms with van der Waals surface area (Å²) in [4.78, 5) is 25.6. The number of piperazine rings is 1. The van der Waals surface area contributed by atoms with E-state index in [0.717, 1.165) is 5.82 Å². The van der Waals surface area contributed by atoms with Gasteiger partial charge in [-0.3, -0.25) is 4.79 Å². The van der Waals surface area contributed by atoms with Crippen LogP contribution in [-0.4, -0.2) is 71.0 Å². The summed E-state index contributed by atoms with van der Waals surface area (Å²) in [5.41, 5.74) is 0.553. The van der Waals surface area contributed by atoms with Crippen LogP contribution < -0.4 is 14.4 Å². The van der Waals surface area contributed by atoms with Crippen molar-refractivity contribution in [2.75, 3.05) is 45.3 Å². The number of hydrogen-bond acceptors (Lipinski definition) is 7. The van der Waals surface area contributed by atoms with E-state index in [1.54, 1.807) is 43.3 Å². The lowest BCUT2D eigenvalue weighted by Crippen LogP contribution is -2.49. The second-order valence-electron chi connectivity index (χ2n) is 6.57. The minimum Gasteiger partial charge on any atom is -0.497 e. The van der Waals surface area contributed by atoms with Crippen molar-refractivity contribution in [3.8, 4) is 17.3 Å². The molecule has 1 aromatic carbocycles. The second kappa shape index (κ2) is 8.17. The van der Waals surface area contributed by atoms with Crippen LogP contribution in [0, 0.1) is 0 Å². The molecule has 9 nitrogen and oxygen atoms in total. The van der Waals surface area contributed by atoms with Gasteiger partial charge in [-0.05, 0) is 18.2 Å². The Morgan fingerprint density at radius 2 is 1.62 bits per heavy atom. The van der Waals surface area contributed by atoms with E-state index in [-0.39, 0.29) is 5.91 Å². The van der Waals surface area contributed by atoms with Crippen molar-refractivity contribution in [2.45, 2.75) is 0 Å². The van der Waals surface area contributed by atoms with Gasteiger partial charge in [0.15, 0.2) is 5.82 Å². The molecule has 1 fully saturated rings. The number of anilines is 1. The minimum absolute atomic E-state index is 0.0400. The van der Waals surface area contributed by atoms with Gasteiger partial charge in [-0.1, -0.05) is 0 Å². The molecule has 0 saturated carbocycles. The molecule has 0 radical (unpaired) electrons. The van der Waals surface area contributed by atoms with Crippen LogP contribution in [0.1, 0.15) is 10.4 Å². The first-order valence-corrected chi connectivity index (χ1v) is 9.27. The molecular weight excluding hydrogens is 372 g/mol. The first-order chi connectivity index (χ1) is 14.2. The quantitative estimate of drug-likeness (QED) is 0.650. The van der Waals surface area contributed by atoms with E-state index in [2.05, 4.69) is 20.0 Å². The highest BCUT2D eigenvalue weighted by molar-refractivity contribution is 5.95. The minimum atomic E-state index is -0.0400. The van der Waals surface area contributed by atoms with Gasteiger partial charge in [0.1, 0.15) is 23.6 Å². The van der Waals surface area contributed by atoms with Crippen molar-refractivity contribution in [2.24, 2.45) is 0 Å². The number of amides is 1. The third-order valence-electron chi connectivity index (χ3n) is 4.87. The summed E-state index contributed by atoms with van der Waals surface area (Å²) in [5.74, 6) is 2.68. The summed E-state index contributed by atoms with van der Waals surface area (Å²) in [6.45, 7) is 2.56. The molecule has 1 aliphatic heterocycles. The lowest BCUT2D eigenvalue weighted by molar-refractivity contribution is 0.0745. The molecule has 9 heteroatoms. The number of ether oxygens (including phenoxy) is 2. The molecule has 2 aromatic heterocycles. The lowest BCUT2D eigenvalue weighted by Gasteiger charge is -2.35. The van der Waals surface area contributed by atoms with Gasteiger partial charge in [0.25, 0.3) is 5.91 Å². The molecule has 0 N–H and O–H groups in total. The summed E-state index contributed by atoms with van der Waals surface area (Å²) < 4.78 is 12.2. The number of hydrogen-bond donors (Lipinski definition) is 0. The molecule has 1 saturated heterocycles. The molecule has 0 aliphatic carbocycles. The first-order valence-electron chi connectivity index (χ1n) is 9.27. The normalized spacial score (nSPS) is 14.0. The van der Waals surface area contributed by atoms with Crippen LogP contribution in [0.4, 0.5) is 5.82 Å². The number of carbonyl (C=O) groups excluding carboxylic acids is 1. The van der Waals surface area contributed by atoms with Gasteiger partial charge >= 0.3 is 0 Å². The summed E-state index contributed by atoms with van der Waals surface area (Å²) in [5, 5.41) is 4.20. The van der Waals surface area contributed by atoms with Gasteiger partial charge in [-0.15, -0.1) is 0 Å². The van der Waals surface area contributed by atoms with Gasteiger partial charge in [0, 0.05) is 56.3 Å². The number of benzene rings is 1. The molecule has 0 spiro atoms. The number of nitrogens with zero attached hydrogens (tertiary/aromatic N) is 6. The van der Waals surface area contributed by atoms with E-state index < -0.39 is 0 Å². The van der Waals surface area contributed by atoms with Crippen LogP contribution in [0.5, 0.6) is 11.5 Å². The van der Waals surface area contributed by atoms with Crippen LogP contribution in [0.2, 0.25) is 0 Å².